The molecular formula is C33H33F7O5. The lowest BCUT2D eigenvalue weighted by Gasteiger charge is -2.26. The molecule has 0 amide bonds. The van der Waals surface area contributed by atoms with Crippen LogP contribution in [0.3, 0.4) is 0 Å². The van der Waals surface area contributed by atoms with Gasteiger partial charge >= 0.3 is 24.5 Å². The molecule has 0 unspecified atom stereocenters. The molecule has 12 heteroatoms. The summed E-state index contributed by atoms with van der Waals surface area (Å²) in [6.45, 7) is 7.67. The third kappa shape index (κ3) is 9.21. The summed E-state index contributed by atoms with van der Waals surface area (Å²) in [6.07, 6.45) is -13.2. The van der Waals surface area contributed by atoms with Crippen molar-refractivity contribution in [1.82, 2.24) is 0 Å². The molecule has 0 aromatic heterocycles. The lowest BCUT2D eigenvalue weighted by atomic mass is 9.86. The predicted octanol–water partition coefficient (Wildman–Crippen LogP) is 9.82. The average molecular weight is 643 g/mol. The quantitative estimate of drug-likeness (QED) is 0.176. The van der Waals surface area contributed by atoms with E-state index in [2.05, 4.69) is 4.74 Å². The molecule has 0 spiro atoms. The highest BCUT2D eigenvalue weighted by Crippen LogP contribution is 2.41. The van der Waals surface area contributed by atoms with Crippen LogP contribution in [0.2, 0.25) is 0 Å². The molecule has 3 aromatic rings. The van der Waals surface area contributed by atoms with Gasteiger partial charge in [0.25, 0.3) is 0 Å². The smallest absolute Gasteiger partial charge is 0.479 e. The zero-order valence-electron chi connectivity index (χ0n) is 25.2. The maximum Gasteiger partial charge on any atom is 0.509 e. The van der Waals surface area contributed by atoms with Gasteiger partial charge in [-0.25, -0.2) is 14.0 Å². The first kappa shape index (κ1) is 35.4. The first-order chi connectivity index (χ1) is 20.8. The number of hydrogen-bond acceptors (Lipinski definition) is 4. The molecule has 0 aliphatic rings. The lowest BCUT2D eigenvalue weighted by Crippen LogP contribution is -2.22. The molecule has 1 N–H and O–H groups in total. The fourth-order valence-corrected chi connectivity index (χ4v) is 5.06. The number of rotatable bonds is 10. The molecular weight excluding hydrogens is 609 g/mol. The molecule has 2 atom stereocenters. The highest BCUT2D eigenvalue weighted by Gasteiger charge is 2.39. The van der Waals surface area contributed by atoms with Gasteiger partial charge in [-0.2, -0.15) is 26.3 Å². The molecule has 5 nitrogen and oxygen atoms in total. The molecule has 0 bridgehead atoms. The number of carboxylic acid groups (broad SMARTS) is 1. The molecule has 0 saturated carbocycles. The Labute approximate surface area is 256 Å². The largest absolute Gasteiger partial charge is 0.509 e. The van der Waals surface area contributed by atoms with Crippen LogP contribution in [0.5, 0.6) is 0 Å². The molecule has 0 saturated heterocycles. The second-order valence-electron chi connectivity index (χ2n) is 11.3. The number of aliphatic carboxylic acids is 1. The number of aryl methyl sites for hydroxylation is 3. The van der Waals surface area contributed by atoms with Crippen LogP contribution in [-0.2, 0) is 33.0 Å². The highest BCUT2D eigenvalue weighted by molar-refractivity contribution is 5.72. The zero-order chi connectivity index (χ0) is 33.9. The van der Waals surface area contributed by atoms with E-state index in [1.807, 2.05) is 39.0 Å². The number of carbonyl (C=O) groups is 2. The summed E-state index contributed by atoms with van der Waals surface area (Å²) in [4.78, 5) is 23.2. The Kier molecular flexibility index (Phi) is 10.9. The van der Waals surface area contributed by atoms with Crippen LogP contribution in [-0.4, -0.2) is 23.8 Å². The summed E-state index contributed by atoms with van der Waals surface area (Å²) in [7, 11) is 0. The Morgan fingerprint density at radius 1 is 0.844 bits per heavy atom. The second-order valence-corrected chi connectivity index (χ2v) is 11.3. The Hall–Kier alpha value is -4.09. The molecule has 45 heavy (non-hydrogen) atoms. The molecule has 244 valence electrons. The van der Waals surface area contributed by atoms with Crippen LogP contribution in [0.1, 0.15) is 78.2 Å². The van der Waals surface area contributed by atoms with Gasteiger partial charge in [-0.15, -0.1) is 0 Å². The third-order valence-corrected chi connectivity index (χ3v) is 7.38. The number of alkyl halides is 6. The van der Waals surface area contributed by atoms with Gasteiger partial charge in [-0.3, -0.25) is 0 Å². The summed E-state index contributed by atoms with van der Waals surface area (Å²) < 4.78 is 106. The van der Waals surface area contributed by atoms with Crippen molar-refractivity contribution in [2.24, 2.45) is 5.92 Å². The lowest BCUT2D eigenvalue weighted by molar-refractivity contribution is -0.144. The number of hydrogen-bond donors (Lipinski definition) is 1. The topological polar surface area (TPSA) is 72.8 Å². The second kappa shape index (κ2) is 13.9. The van der Waals surface area contributed by atoms with E-state index >= 15 is 0 Å². The third-order valence-electron chi connectivity index (χ3n) is 7.38. The van der Waals surface area contributed by atoms with E-state index in [1.165, 1.54) is 13.0 Å². The molecule has 3 aromatic carbocycles. The number of halogens is 7. The van der Waals surface area contributed by atoms with Crippen LogP contribution >= 0.6 is 0 Å². The van der Waals surface area contributed by atoms with Gasteiger partial charge in [-0.05, 0) is 102 Å². The van der Waals surface area contributed by atoms with Crippen molar-refractivity contribution >= 4 is 12.1 Å². The highest BCUT2D eigenvalue weighted by atomic mass is 19.4. The minimum atomic E-state index is -5.15. The molecule has 0 fully saturated rings. The Balaban J connectivity index is 2.05. The summed E-state index contributed by atoms with van der Waals surface area (Å²) in [5.41, 5.74) is 0.583. The van der Waals surface area contributed by atoms with E-state index in [-0.39, 0.29) is 30.6 Å². The van der Waals surface area contributed by atoms with Gasteiger partial charge < -0.3 is 14.6 Å². The van der Waals surface area contributed by atoms with Crippen molar-refractivity contribution in [1.29, 1.82) is 0 Å². The minimum absolute atomic E-state index is 0.0383. The number of carbonyl (C=O) groups excluding carboxylic acids is 1. The standard InChI is InChI=1S/C33H33F7O5/c1-17(2)26-15-27(20(5)11-28(26)34)25-9-6-18(3)10-21(25)8-7-19(4)30(45-31(43)44-16-29(41)42)22-12-23(32(35,36)37)14-24(13-22)33(38,39)40/h6,9-15,17,19,30H,7-8,16H2,1-5H3,(H,41,42)/t19-,30+/m1/s1. The minimum Gasteiger partial charge on any atom is -0.479 e. The summed E-state index contributed by atoms with van der Waals surface area (Å²) in [5, 5.41) is 8.81. The summed E-state index contributed by atoms with van der Waals surface area (Å²) >= 11 is 0. The van der Waals surface area contributed by atoms with Gasteiger partial charge in [0.1, 0.15) is 11.9 Å². The van der Waals surface area contributed by atoms with Crippen LogP contribution < -0.4 is 0 Å². The molecule has 0 aliphatic carbocycles. The monoisotopic (exact) mass is 642 g/mol. The number of benzene rings is 3. The van der Waals surface area contributed by atoms with E-state index in [1.54, 1.807) is 13.0 Å². The molecule has 0 heterocycles. The van der Waals surface area contributed by atoms with Crippen molar-refractivity contribution in [3.63, 3.8) is 0 Å². The average Bonchev–Trinajstić information content (AvgIpc) is 2.92. The van der Waals surface area contributed by atoms with E-state index in [4.69, 9.17) is 9.84 Å². The number of ether oxygens (including phenoxy) is 2. The summed E-state index contributed by atoms with van der Waals surface area (Å²) in [5.74, 6) is -2.87. The maximum absolute atomic E-state index is 14.6. The van der Waals surface area contributed by atoms with Crippen LogP contribution in [0.25, 0.3) is 11.1 Å². The van der Waals surface area contributed by atoms with Crippen molar-refractivity contribution in [3.8, 4) is 11.1 Å². The van der Waals surface area contributed by atoms with Crippen molar-refractivity contribution in [2.45, 2.75) is 71.8 Å². The van der Waals surface area contributed by atoms with Gasteiger partial charge in [0, 0.05) is 0 Å². The van der Waals surface area contributed by atoms with Crippen molar-refractivity contribution < 1.29 is 54.9 Å². The van der Waals surface area contributed by atoms with E-state index < -0.39 is 59.8 Å². The van der Waals surface area contributed by atoms with Crippen LogP contribution in [0.4, 0.5) is 35.5 Å². The Morgan fingerprint density at radius 2 is 1.44 bits per heavy atom. The maximum atomic E-state index is 14.6. The van der Waals surface area contributed by atoms with Crippen molar-refractivity contribution in [2.75, 3.05) is 6.61 Å². The van der Waals surface area contributed by atoms with Gasteiger partial charge in [0.2, 0.25) is 0 Å². The fraction of sp³-hybridized carbons (Fsp3) is 0.394. The predicted molar refractivity (Wildman–Crippen MR) is 152 cm³/mol. The Bertz CT molecular complexity index is 1510. The van der Waals surface area contributed by atoms with Gasteiger partial charge in [0.05, 0.1) is 11.1 Å². The fourth-order valence-electron chi connectivity index (χ4n) is 5.06. The molecule has 0 aliphatic heterocycles. The van der Waals surface area contributed by atoms with E-state index in [9.17, 15) is 40.3 Å². The normalized spacial score (nSPS) is 13.4. The van der Waals surface area contributed by atoms with Gasteiger partial charge in [-0.1, -0.05) is 44.5 Å². The van der Waals surface area contributed by atoms with Crippen LogP contribution in [0, 0.1) is 25.6 Å². The summed E-state index contributed by atoms with van der Waals surface area (Å²) in [6, 6.07) is 9.70. The van der Waals surface area contributed by atoms with Crippen LogP contribution in [0.15, 0.2) is 48.5 Å². The van der Waals surface area contributed by atoms with Crippen molar-refractivity contribution in [3.05, 3.63) is 93.3 Å². The first-order valence-electron chi connectivity index (χ1n) is 14.0. The van der Waals surface area contributed by atoms with E-state index in [0.717, 1.165) is 22.3 Å². The first-order valence-corrected chi connectivity index (χ1v) is 14.0. The Morgan fingerprint density at radius 3 is 1.98 bits per heavy atom. The number of carboxylic acids is 1. The van der Waals surface area contributed by atoms with Gasteiger partial charge in [0.15, 0.2) is 6.61 Å². The zero-order valence-corrected chi connectivity index (χ0v) is 25.2. The molecule has 3 rings (SSSR count). The molecule has 0 radical (unpaired) electrons. The SMILES string of the molecule is Cc1ccc(-c2cc(C(C)C)c(F)cc2C)c(CC[C@@H](C)[C@H](OC(=O)OCC(=O)O)c2cc(C(F)(F)F)cc(C(F)(F)F)c2)c1. The van der Waals surface area contributed by atoms with E-state index in [0.29, 0.717) is 23.3 Å².